The third kappa shape index (κ3) is 5.51. The highest BCUT2D eigenvalue weighted by atomic mass is 32.2. The first kappa shape index (κ1) is 14.5. The van der Waals surface area contributed by atoms with Gasteiger partial charge < -0.3 is 4.57 Å². The fourth-order valence-electron chi connectivity index (χ4n) is 1.06. The van der Waals surface area contributed by atoms with Gasteiger partial charge >= 0.3 is 14.2 Å². The molecule has 0 aromatic heterocycles. The van der Waals surface area contributed by atoms with Gasteiger partial charge in [-0.05, 0) is 12.0 Å². The smallest absolute Gasteiger partial charge is 0.355 e. The summed E-state index contributed by atoms with van der Waals surface area (Å²) in [7, 11) is 1.76. The van der Waals surface area contributed by atoms with Gasteiger partial charge in [-0.1, -0.05) is 63.2 Å². The van der Waals surface area contributed by atoms with Crippen LogP contribution in [-0.4, -0.2) is 19.0 Å². The predicted octanol–water partition coefficient (Wildman–Crippen LogP) is 3.05. The SMILES string of the molecule is C=Cc1ccc([B]O[B]SC(C)(C)CC)cc1. The minimum Gasteiger partial charge on any atom is -0.493 e. The van der Waals surface area contributed by atoms with Crippen molar-refractivity contribution in [2.75, 3.05) is 0 Å². The Hall–Kier alpha value is -0.600. The summed E-state index contributed by atoms with van der Waals surface area (Å²) in [6, 6.07) is 8.07. The zero-order valence-corrected chi connectivity index (χ0v) is 11.6. The van der Waals surface area contributed by atoms with Crippen LogP contribution >= 0.6 is 11.6 Å². The van der Waals surface area contributed by atoms with Crippen LogP contribution in [0.4, 0.5) is 0 Å². The lowest BCUT2D eigenvalue weighted by atomic mass is 9.87. The van der Waals surface area contributed by atoms with Crippen molar-refractivity contribution in [2.45, 2.75) is 31.9 Å². The van der Waals surface area contributed by atoms with E-state index in [2.05, 4.69) is 27.4 Å². The van der Waals surface area contributed by atoms with Crippen LogP contribution < -0.4 is 5.46 Å². The maximum atomic E-state index is 5.42. The molecule has 0 saturated heterocycles. The Bertz CT molecular complexity index is 349. The van der Waals surface area contributed by atoms with E-state index in [1.165, 1.54) is 0 Å². The number of hydrogen-bond donors (Lipinski definition) is 0. The lowest BCUT2D eigenvalue weighted by Gasteiger charge is -2.21. The van der Waals surface area contributed by atoms with Crippen LogP contribution in [0.1, 0.15) is 32.8 Å². The largest absolute Gasteiger partial charge is 0.493 e. The van der Waals surface area contributed by atoms with Gasteiger partial charge in [0.25, 0.3) is 0 Å². The van der Waals surface area contributed by atoms with Crippen LogP contribution in [0, 0.1) is 0 Å². The molecule has 0 atom stereocenters. The molecule has 0 N–H and O–H groups in total. The minimum absolute atomic E-state index is 0.237. The predicted molar refractivity (Wildman–Crippen MR) is 80.7 cm³/mol. The highest BCUT2D eigenvalue weighted by Crippen LogP contribution is 2.25. The van der Waals surface area contributed by atoms with E-state index in [4.69, 9.17) is 4.57 Å². The molecule has 88 valence electrons. The molecule has 0 heterocycles. The highest BCUT2D eigenvalue weighted by molar-refractivity contribution is 8.22. The lowest BCUT2D eigenvalue weighted by molar-refractivity contribution is 0.660. The Morgan fingerprint density at radius 1 is 1.35 bits per heavy atom. The summed E-state index contributed by atoms with van der Waals surface area (Å²) in [6.45, 7) is 12.1. The molecular formula is C13H18B2OS. The molecule has 0 saturated carbocycles. The highest BCUT2D eigenvalue weighted by Gasteiger charge is 2.16. The van der Waals surface area contributed by atoms with Crippen LogP contribution in [0.3, 0.4) is 0 Å². The summed E-state index contributed by atoms with van der Waals surface area (Å²) in [5.74, 6) is 0. The Morgan fingerprint density at radius 3 is 2.53 bits per heavy atom. The Morgan fingerprint density at radius 2 is 2.00 bits per heavy atom. The Balaban J connectivity index is 2.28. The molecule has 1 aromatic carbocycles. The molecule has 0 spiro atoms. The average molecular weight is 244 g/mol. The second-order valence-corrected chi connectivity index (χ2v) is 5.99. The van der Waals surface area contributed by atoms with Gasteiger partial charge in [-0.2, -0.15) is 11.6 Å². The standard InChI is InChI=1S/C13H18B2OS/c1-5-11-7-9-12(10-8-11)14-16-15-17-13(3,4)6-2/h5,7-10H,1,6H2,2-4H3. The molecular weight excluding hydrogens is 226 g/mol. The second kappa shape index (κ2) is 6.97. The zero-order chi connectivity index (χ0) is 12.7. The van der Waals surface area contributed by atoms with Crippen molar-refractivity contribution < 1.29 is 4.57 Å². The molecule has 4 heteroatoms. The van der Waals surface area contributed by atoms with E-state index in [9.17, 15) is 0 Å². The maximum absolute atomic E-state index is 5.42. The number of rotatable bonds is 7. The lowest BCUT2D eigenvalue weighted by Crippen LogP contribution is -2.21. The van der Waals surface area contributed by atoms with Crippen LogP contribution in [0.2, 0.25) is 0 Å². The maximum Gasteiger partial charge on any atom is 0.355 e. The van der Waals surface area contributed by atoms with Gasteiger partial charge in [-0.15, -0.1) is 0 Å². The molecule has 17 heavy (non-hydrogen) atoms. The van der Waals surface area contributed by atoms with Crippen LogP contribution in [0.25, 0.3) is 6.08 Å². The fraction of sp³-hybridized carbons (Fsp3) is 0.385. The molecule has 0 aliphatic heterocycles. The third-order valence-electron chi connectivity index (χ3n) is 2.65. The van der Waals surface area contributed by atoms with E-state index < -0.39 is 0 Å². The molecule has 0 amide bonds. The van der Waals surface area contributed by atoms with Crippen molar-refractivity contribution in [3.05, 3.63) is 36.4 Å². The van der Waals surface area contributed by atoms with Crippen molar-refractivity contribution in [3.8, 4) is 0 Å². The van der Waals surface area contributed by atoms with Gasteiger partial charge in [-0.3, -0.25) is 0 Å². The summed E-state index contributed by atoms with van der Waals surface area (Å²) >= 11 is 1.71. The molecule has 0 fully saturated rings. The minimum atomic E-state index is 0.237. The summed E-state index contributed by atoms with van der Waals surface area (Å²) < 4.78 is 5.65. The van der Waals surface area contributed by atoms with Crippen LogP contribution in [0.5, 0.6) is 0 Å². The van der Waals surface area contributed by atoms with Crippen molar-refractivity contribution >= 4 is 37.4 Å². The molecule has 1 rings (SSSR count). The van der Waals surface area contributed by atoms with E-state index in [0.29, 0.717) is 0 Å². The van der Waals surface area contributed by atoms with E-state index in [1.54, 1.807) is 25.9 Å². The number of hydrogen-bond acceptors (Lipinski definition) is 2. The summed E-state index contributed by atoms with van der Waals surface area (Å²) in [5, 5.41) is 0. The second-order valence-electron chi connectivity index (χ2n) is 4.45. The van der Waals surface area contributed by atoms with Gasteiger partial charge in [0.2, 0.25) is 0 Å². The molecule has 1 aromatic rings. The van der Waals surface area contributed by atoms with Gasteiger partial charge in [0.05, 0.1) is 0 Å². The fourth-order valence-corrected chi connectivity index (χ4v) is 1.60. The quantitative estimate of drug-likeness (QED) is 0.538. The first-order valence-corrected chi connectivity index (χ1v) is 6.66. The van der Waals surface area contributed by atoms with Gasteiger partial charge in [0, 0.05) is 4.75 Å². The van der Waals surface area contributed by atoms with Gasteiger partial charge in [0.15, 0.2) is 0 Å². The zero-order valence-electron chi connectivity index (χ0n) is 10.8. The summed E-state index contributed by atoms with van der Waals surface area (Å²) in [4.78, 5) is 0. The van der Waals surface area contributed by atoms with Gasteiger partial charge in [-0.25, -0.2) is 0 Å². The topological polar surface area (TPSA) is 9.23 Å². The van der Waals surface area contributed by atoms with E-state index in [0.717, 1.165) is 17.4 Å². The van der Waals surface area contributed by atoms with Gasteiger partial charge in [0.1, 0.15) is 0 Å². The molecule has 0 unspecified atom stereocenters. The average Bonchev–Trinajstić information content (AvgIpc) is 2.35. The van der Waals surface area contributed by atoms with E-state index >= 15 is 0 Å². The summed E-state index contributed by atoms with van der Waals surface area (Å²) in [5.41, 5.74) is 2.18. The molecule has 0 aliphatic carbocycles. The molecule has 0 bridgehead atoms. The van der Waals surface area contributed by atoms with Crippen molar-refractivity contribution in [1.29, 1.82) is 0 Å². The molecule has 1 nitrogen and oxygen atoms in total. The van der Waals surface area contributed by atoms with Crippen LogP contribution in [0.15, 0.2) is 30.8 Å². The third-order valence-corrected chi connectivity index (χ3v) is 3.78. The molecule has 2 radical (unpaired) electrons. The summed E-state index contributed by atoms with van der Waals surface area (Å²) in [6.07, 6.45) is 2.95. The first-order valence-electron chi connectivity index (χ1n) is 5.78. The monoisotopic (exact) mass is 244 g/mol. The number of benzene rings is 1. The van der Waals surface area contributed by atoms with E-state index in [-0.39, 0.29) is 4.75 Å². The Kier molecular flexibility index (Phi) is 5.93. The van der Waals surface area contributed by atoms with Crippen molar-refractivity contribution in [1.82, 2.24) is 0 Å². The first-order chi connectivity index (χ1) is 8.07. The van der Waals surface area contributed by atoms with Crippen molar-refractivity contribution in [2.24, 2.45) is 0 Å². The van der Waals surface area contributed by atoms with E-state index in [1.807, 2.05) is 30.3 Å². The molecule has 0 aliphatic rings. The van der Waals surface area contributed by atoms with Crippen LogP contribution in [-0.2, 0) is 4.57 Å². The Labute approximate surface area is 110 Å². The normalized spacial score (nSPS) is 11.0. The van der Waals surface area contributed by atoms with Crippen molar-refractivity contribution in [3.63, 3.8) is 0 Å².